The average molecular weight is 210 g/mol. The number of fused-ring (bicyclic) bond motifs is 1. The molecule has 0 unspecified atom stereocenters. The highest BCUT2D eigenvalue weighted by molar-refractivity contribution is 5.84. The summed E-state index contributed by atoms with van der Waals surface area (Å²) in [5.74, 6) is -2.51. The molecule has 0 saturated carbocycles. The standard InChI is InChI=1S/C11H14O4/c1-5-3-7-4-15-11(14)9(7)8(6(5)2)10(12)13/h3,6-9H,4H2,1-2H3,(H,12,13)/t6-,7-,8-,9+/m0/s1. The minimum atomic E-state index is -0.899. The second-order valence-corrected chi connectivity index (χ2v) is 4.38. The maximum Gasteiger partial charge on any atom is 0.310 e. The van der Waals surface area contributed by atoms with Gasteiger partial charge in [-0.05, 0) is 12.8 Å². The third kappa shape index (κ3) is 1.44. The van der Waals surface area contributed by atoms with E-state index in [2.05, 4.69) is 0 Å². The molecule has 0 aromatic carbocycles. The van der Waals surface area contributed by atoms with Gasteiger partial charge in [-0.2, -0.15) is 0 Å². The molecule has 1 fully saturated rings. The zero-order chi connectivity index (χ0) is 11.2. The van der Waals surface area contributed by atoms with E-state index < -0.39 is 17.8 Å². The molecule has 4 heteroatoms. The third-order valence-electron chi connectivity index (χ3n) is 3.56. The van der Waals surface area contributed by atoms with E-state index in [0.29, 0.717) is 6.61 Å². The van der Waals surface area contributed by atoms with Crippen molar-refractivity contribution in [3.05, 3.63) is 11.6 Å². The van der Waals surface area contributed by atoms with Crippen LogP contribution in [0.1, 0.15) is 13.8 Å². The molecule has 4 atom stereocenters. The number of hydrogen-bond donors (Lipinski definition) is 1. The summed E-state index contributed by atoms with van der Waals surface area (Å²) in [4.78, 5) is 22.6. The van der Waals surface area contributed by atoms with Crippen LogP contribution in [0.25, 0.3) is 0 Å². The second kappa shape index (κ2) is 3.36. The highest BCUT2D eigenvalue weighted by Gasteiger charge is 2.49. The molecule has 1 N–H and O–H groups in total. The average Bonchev–Trinajstić information content (AvgIpc) is 2.49. The lowest BCUT2D eigenvalue weighted by atomic mass is 9.69. The molecule has 4 nitrogen and oxygen atoms in total. The van der Waals surface area contributed by atoms with Crippen molar-refractivity contribution in [3.63, 3.8) is 0 Å². The Kier molecular flexibility index (Phi) is 2.29. The predicted molar refractivity (Wildman–Crippen MR) is 52.0 cm³/mol. The van der Waals surface area contributed by atoms with Gasteiger partial charge in [0.15, 0.2) is 0 Å². The first-order valence-corrected chi connectivity index (χ1v) is 5.10. The van der Waals surface area contributed by atoms with E-state index in [9.17, 15) is 9.59 Å². The van der Waals surface area contributed by atoms with E-state index in [1.54, 1.807) is 0 Å². The molecule has 0 spiro atoms. The van der Waals surface area contributed by atoms with Gasteiger partial charge in [-0.1, -0.05) is 18.6 Å². The molecule has 1 heterocycles. The van der Waals surface area contributed by atoms with Crippen molar-refractivity contribution in [1.82, 2.24) is 0 Å². The summed E-state index contributed by atoms with van der Waals surface area (Å²) >= 11 is 0. The van der Waals surface area contributed by atoms with E-state index in [1.165, 1.54) is 0 Å². The van der Waals surface area contributed by atoms with Crippen LogP contribution in [-0.4, -0.2) is 23.7 Å². The number of ether oxygens (including phenoxy) is 1. The smallest absolute Gasteiger partial charge is 0.310 e. The Labute approximate surface area is 87.9 Å². The number of aliphatic carboxylic acids is 1. The molecule has 0 radical (unpaired) electrons. The molecule has 2 rings (SSSR count). The largest absolute Gasteiger partial charge is 0.481 e. The molecule has 15 heavy (non-hydrogen) atoms. The van der Waals surface area contributed by atoms with Crippen molar-refractivity contribution < 1.29 is 19.4 Å². The molecule has 1 saturated heterocycles. The van der Waals surface area contributed by atoms with Gasteiger partial charge < -0.3 is 9.84 Å². The highest BCUT2D eigenvalue weighted by atomic mass is 16.5. The summed E-state index contributed by atoms with van der Waals surface area (Å²) in [6.07, 6.45) is 1.99. The first kappa shape index (κ1) is 10.2. The summed E-state index contributed by atoms with van der Waals surface area (Å²) in [7, 11) is 0. The number of hydrogen-bond acceptors (Lipinski definition) is 3. The Morgan fingerprint density at radius 3 is 2.87 bits per heavy atom. The Morgan fingerprint density at radius 2 is 2.27 bits per heavy atom. The van der Waals surface area contributed by atoms with Gasteiger partial charge in [0.1, 0.15) is 0 Å². The normalized spacial score (nSPS) is 39.3. The molecule has 0 bridgehead atoms. The summed E-state index contributed by atoms with van der Waals surface area (Å²) < 4.78 is 4.93. The van der Waals surface area contributed by atoms with Gasteiger partial charge in [-0.25, -0.2) is 0 Å². The third-order valence-corrected chi connectivity index (χ3v) is 3.56. The number of carbonyl (C=O) groups excluding carboxylic acids is 1. The molecule has 2 aliphatic rings. The van der Waals surface area contributed by atoms with Crippen LogP contribution < -0.4 is 0 Å². The number of esters is 1. The number of carbonyl (C=O) groups is 2. The van der Waals surface area contributed by atoms with Crippen LogP contribution in [0.4, 0.5) is 0 Å². The van der Waals surface area contributed by atoms with Crippen LogP contribution in [0.15, 0.2) is 11.6 Å². The Balaban J connectivity index is 2.40. The minimum absolute atomic E-state index is 0.0465. The van der Waals surface area contributed by atoms with E-state index >= 15 is 0 Å². The van der Waals surface area contributed by atoms with E-state index in [1.807, 2.05) is 19.9 Å². The SMILES string of the molecule is CC1=C[C@H]2COC(=O)[C@H]2[C@@H](C(=O)O)[C@H]1C. The van der Waals surface area contributed by atoms with Crippen molar-refractivity contribution in [1.29, 1.82) is 0 Å². The predicted octanol–water partition coefficient (Wildman–Crippen LogP) is 1.07. The van der Waals surface area contributed by atoms with Crippen molar-refractivity contribution in [2.45, 2.75) is 13.8 Å². The summed E-state index contributed by atoms with van der Waals surface area (Å²) in [6, 6.07) is 0. The number of carboxylic acids is 1. The van der Waals surface area contributed by atoms with Crippen LogP contribution >= 0.6 is 0 Å². The van der Waals surface area contributed by atoms with Crippen LogP contribution in [-0.2, 0) is 14.3 Å². The second-order valence-electron chi connectivity index (χ2n) is 4.38. The lowest BCUT2D eigenvalue weighted by Crippen LogP contribution is -2.38. The van der Waals surface area contributed by atoms with Crippen LogP contribution in [0, 0.1) is 23.7 Å². The van der Waals surface area contributed by atoms with E-state index in [0.717, 1.165) is 5.57 Å². The van der Waals surface area contributed by atoms with Crippen LogP contribution in [0.5, 0.6) is 0 Å². The topological polar surface area (TPSA) is 63.6 Å². The molecule has 1 aliphatic heterocycles. The van der Waals surface area contributed by atoms with Gasteiger partial charge in [0.25, 0.3) is 0 Å². The lowest BCUT2D eigenvalue weighted by Gasteiger charge is -2.31. The van der Waals surface area contributed by atoms with Gasteiger partial charge >= 0.3 is 11.9 Å². The molecular weight excluding hydrogens is 196 g/mol. The molecule has 0 amide bonds. The zero-order valence-electron chi connectivity index (χ0n) is 8.77. The number of rotatable bonds is 1. The van der Waals surface area contributed by atoms with E-state index in [-0.39, 0.29) is 17.8 Å². The first-order valence-electron chi connectivity index (χ1n) is 5.10. The number of carboxylic acid groups (broad SMARTS) is 1. The Morgan fingerprint density at radius 1 is 1.60 bits per heavy atom. The van der Waals surface area contributed by atoms with Crippen molar-refractivity contribution in [2.24, 2.45) is 23.7 Å². The van der Waals surface area contributed by atoms with E-state index in [4.69, 9.17) is 9.84 Å². The van der Waals surface area contributed by atoms with Gasteiger partial charge in [0.2, 0.25) is 0 Å². The summed E-state index contributed by atoms with van der Waals surface area (Å²) in [6.45, 7) is 4.10. The zero-order valence-corrected chi connectivity index (χ0v) is 8.77. The Bertz CT molecular complexity index is 344. The fourth-order valence-electron chi connectivity index (χ4n) is 2.57. The van der Waals surface area contributed by atoms with Gasteiger partial charge in [-0.15, -0.1) is 0 Å². The lowest BCUT2D eigenvalue weighted by molar-refractivity contribution is -0.153. The van der Waals surface area contributed by atoms with Gasteiger partial charge in [0, 0.05) is 5.92 Å². The number of cyclic esters (lactones) is 1. The fraction of sp³-hybridized carbons (Fsp3) is 0.636. The molecule has 82 valence electrons. The van der Waals surface area contributed by atoms with Crippen LogP contribution in [0.2, 0.25) is 0 Å². The first-order chi connectivity index (χ1) is 7.02. The summed E-state index contributed by atoms with van der Waals surface area (Å²) in [5, 5.41) is 9.16. The van der Waals surface area contributed by atoms with Gasteiger partial charge in [-0.3, -0.25) is 9.59 Å². The number of allylic oxidation sites excluding steroid dienone is 1. The Hall–Kier alpha value is -1.32. The van der Waals surface area contributed by atoms with Crippen molar-refractivity contribution in [3.8, 4) is 0 Å². The molecule has 1 aliphatic carbocycles. The summed E-state index contributed by atoms with van der Waals surface area (Å²) in [5.41, 5.74) is 1.04. The molecular formula is C11H14O4. The molecule has 0 aromatic heterocycles. The van der Waals surface area contributed by atoms with Crippen molar-refractivity contribution in [2.75, 3.05) is 6.61 Å². The quantitative estimate of drug-likeness (QED) is 0.519. The molecule has 0 aromatic rings. The fourth-order valence-corrected chi connectivity index (χ4v) is 2.57. The van der Waals surface area contributed by atoms with Crippen LogP contribution in [0.3, 0.4) is 0 Å². The minimum Gasteiger partial charge on any atom is -0.481 e. The maximum absolute atomic E-state index is 11.5. The maximum atomic E-state index is 11.5. The van der Waals surface area contributed by atoms with Crippen molar-refractivity contribution >= 4 is 11.9 Å². The monoisotopic (exact) mass is 210 g/mol. The highest BCUT2D eigenvalue weighted by Crippen LogP contribution is 2.42. The van der Waals surface area contributed by atoms with Gasteiger partial charge in [0.05, 0.1) is 18.4 Å².